The molecule has 0 fully saturated rings. The van der Waals surface area contributed by atoms with Crippen molar-refractivity contribution >= 4 is 28.2 Å². The van der Waals surface area contributed by atoms with E-state index in [9.17, 15) is 4.79 Å². The normalized spacial score (nSPS) is 11.1. The first-order valence-electron chi connectivity index (χ1n) is 5.11. The highest BCUT2D eigenvalue weighted by atomic mass is 16.1. The minimum Gasteiger partial charge on any atom is -0.339 e. The molecule has 0 atom stereocenters. The maximum Gasteiger partial charge on any atom is 0.150 e. The van der Waals surface area contributed by atoms with Gasteiger partial charge in [-0.15, -0.1) is 0 Å². The first-order valence-corrected chi connectivity index (χ1v) is 5.11. The van der Waals surface area contributed by atoms with Crippen LogP contribution in [0.4, 0.5) is 0 Å². The molecule has 3 rings (SSSR count). The van der Waals surface area contributed by atoms with Crippen molar-refractivity contribution in [2.24, 2.45) is 0 Å². The molecular formula is C13H10N2O. The Morgan fingerprint density at radius 3 is 2.94 bits per heavy atom. The zero-order chi connectivity index (χ0) is 11.1. The molecule has 0 aliphatic heterocycles. The topological polar surface area (TPSA) is 45.8 Å². The maximum absolute atomic E-state index is 10.7. The summed E-state index contributed by atoms with van der Waals surface area (Å²) >= 11 is 0. The number of nitrogens with zero attached hydrogens (tertiary/aromatic N) is 1. The Kier molecular flexibility index (Phi) is 1.80. The van der Waals surface area contributed by atoms with E-state index in [0.717, 1.165) is 33.8 Å². The van der Waals surface area contributed by atoms with Gasteiger partial charge in [-0.05, 0) is 36.8 Å². The highest BCUT2D eigenvalue weighted by Gasteiger charge is 2.05. The lowest BCUT2D eigenvalue weighted by Gasteiger charge is -1.93. The number of aromatic amines is 1. The van der Waals surface area contributed by atoms with Gasteiger partial charge in [0, 0.05) is 28.0 Å². The summed E-state index contributed by atoms with van der Waals surface area (Å²) in [4.78, 5) is 18.3. The molecule has 0 saturated carbocycles. The van der Waals surface area contributed by atoms with E-state index >= 15 is 0 Å². The van der Waals surface area contributed by atoms with Crippen molar-refractivity contribution in [2.45, 2.75) is 6.92 Å². The van der Waals surface area contributed by atoms with Crippen molar-refractivity contribution < 1.29 is 4.79 Å². The van der Waals surface area contributed by atoms with Gasteiger partial charge in [0.05, 0.1) is 0 Å². The molecule has 0 radical (unpaired) electrons. The lowest BCUT2D eigenvalue weighted by atomic mass is 10.1. The fourth-order valence-corrected chi connectivity index (χ4v) is 1.97. The van der Waals surface area contributed by atoms with Crippen molar-refractivity contribution in [2.75, 3.05) is 0 Å². The molecule has 2 aromatic heterocycles. The largest absolute Gasteiger partial charge is 0.339 e. The first kappa shape index (κ1) is 9.09. The zero-order valence-corrected chi connectivity index (χ0v) is 8.82. The third-order valence-electron chi connectivity index (χ3n) is 2.75. The van der Waals surface area contributed by atoms with Gasteiger partial charge < -0.3 is 4.98 Å². The fraction of sp³-hybridized carbons (Fsp3) is 0.0769. The van der Waals surface area contributed by atoms with Gasteiger partial charge in [-0.3, -0.25) is 4.79 Å². The maximum atomic E-state index is 10.7. The Bertz CT molecular complexity index is 698. The second-order valence-electron chi connectivity index (χ2n) is 3.96. The molecule has 3 heteroatoms. The Morgan fingerprint density at radius 1 is 1.25 bits per heavy atom. The molecule has 3 aromatic rings. The predicted molar refractivity (Wildman–Crippen MR) is 63.7 cm³/mol. The molecule has 0 bridgehead atoms. The number of hydrogen-bond donors (Lipinski definition) is 1. The van der Waals surface area contributed by atoms with Gasteiger partial charge in [0.15, 0.2) is 0 Å². The average molecular weight is 210 g/mol. The second kappa shape index (κ2) is 3.17. The van der Waals surface area contributed by atoms with Gasteiger partial charge in [0.1, 0.15) is 11.9 Å². The van der Waals surface area contributed by atoms with E-state index in [2.05, 4.69) is 16.0 Å². The van der Waals surface area contributed by atoms with Crippen LogP contribution in [0.5, 0.6) is 0 Å². The van der Waals surface area contributed by atoms with E-state index in [1.54, 1.807) is 6.07 Å². The van der Waals surface area contributed by atoms with Crippen LogP contribution in [-0.4, -0.2) is 16.3 Å². The molecule has 1 N–H and O–H groups in total. The van der Waals surface area contributed by atoms with E-state index in [1.807, 2.05) is 25.3 Å². The van der Waals surface area contributed by atoms with Crippen LogP contribution >= 0.6 is 0 Å². The average Bonchev–Trinajstić information content (AvgIpc) is 2.66. The van der Waals surface area contributed by atoms with Crippen LogP contribution in [0.3, 0.4) is 0 Å². The van der Waals surface area contributed by atoms with Crippen LogP contribution in [0.1, 0.15) is 15.9 Å². The summed E-state index contributed by atoms with van der Waals surface area (Å²) in [6.07, 6.45) is 2.69. The Hall–Kier alpha value is -2.16. The third kappa shape index (κ3) is 1.21. The minimum absolute atomic E-state index is 0.690. The number of aldehydes is 1. The first-order chi connectivity index (χ1) is 7.78. The summed E-state index contributed by atoms with van der Waals surface area (Å²) in [6, 6.07) is 7.69. The van der Waals surface area contributed by atoms with E-state index in [1.165, 1.54) is 0 Å². The van der Waals surface area contributed by atoms with Crippen LogP contribution in [0, 0.1) is 6.92 Å². The molecule has 16 heavy (non-hydrogen) atoms. The number of pyridine rings is 1. The number of fused-ring (bicyclic) bond motifs is 3. The molecule has 78 valence electrons. The molecule has 3 nitrogen and oxygen atoms in total. The smallest absolute Gasteiger partial charge is 0.150 e. The number of benzene rings is 1. The fourth-order valence-electron chi connectivity index (χ4n) is 1.97. The van der Waals surface area contributed by atoms with Gasteiger partial charge >= 0.3 is 0 Å². The van der Waals surface area contributed by atoms with Gasteiger partial charge in [-0.25, -0.2) is 4.98 Å². The van der Waals surface area contributed by atoms with Crippen LogP contribution in [0.2, 0.25) is 0 Å². The molecule has 2 heterocycles. The van der Waals surface area contributed by atoms with Crippen LogP contribution in [-0.2, 0) is 0 Å². The molecule has 0 spiro atoms. The summed E-state index contributed by atoms with van der Waals surface area (Å²) in [7, 11) is 0. The number of nitrogens with one attached hydrogen (secondary N) is 1. The van der Waals surface area contributed by atoms with Gasteiger partial charge in [-0.2, -0.15) is 0 Å². The second-order valence-corrected chi connectivity index (χ2v) is 3.96. The molecule has 0 saturated heterocycles. The number of carbonyl (C=O) groups excluding carboxylic acids is 1. The van der Waals surface area contributed by atoms with E-state index in [-0.39, 0.29) is 0 Å². The van der Waals surface area contributed by atoms with Crippen molar-refractivity contribution in [1.82, 2.24) is 9.97 Å². The zero-order valence-electron chi connectivity index (χ0n) is 8.82. The van der Waals surface area contributed by atoms with E-state index in [0.29, 0.717) is 5.56 Å². The number of H-pyrrole nitrogens is 1. The summed E-state index contributed by atoms with van der Waals surface area (Å²) in [5.74, 6) is 0. The van der Waals surface area contributed by atoms with Crippen LogP contribution in [0.25, 0.3) is 21.9 Å². The SMILES string of the molecule is Cc1cnc2[nH]c3ccc(C=O)cc3c2c1. The van der Waals surface area contributed by atoms with Crippen molar-refractivity contribution in [3.8, 4) is 0 Å². The monoisotopic (exact) mass is 210 g/mol. The summed E-state index contributed by atoms with van der Waals surface area (Å²) in [5.41, 5.74) is 3.68. The van der Waals surface area contributed by atoms with Gasteiger partial charge in [0.25, 0.3) is 0 Å². The lowest BCUT2D eigenvalue weighted by Crippen LogP contribution is -1.78. The number of aromatic nitrogens is 2. The van der Waals surface area contributed by atoms with Crippen LogP contribution < -0.4 is 0 Å². The summed E-state index contributed by atoms with van der Waals surface area (Å²) < 4.78 is 0. The third-order valence-corrected chi connectivity index (χ3v) is 2.75. The van der Waals surface area contributed by atoms with Crippen LogP contribution in [0.15, 0.2) is 30.5 Å². The van der Waals surface area contributed by atoms with Crippen molar-refractivity contribution in [3.05, 3.63) is 41.6 Å². The number of aryl methyl sites for hydroxylation is 1. The van der Waals surface area contributed by atoms with Gasteiger partial charge in [0.2, 0.25) is 0 Å². The van der Waals surface area contributed by atoms with E-state index < -0.39 is 0 Å². The molecule has 0 aliphatic rings. The Labute approximate surface area is 92.1 Å². The summed E-state index contributed by atoms with van der Waals surface area (Å²) in [5, 5.41) is 2.12. The Morgan fingerprint density at radius 2 is 2.12 bits per heavy atom. The van der Waals surface area contributed by atoms with Gasteiger partial charge in [-0.1, -0.05) is 0 Å². The highest BCUT2D eigenvalue weighted by molar-refractivity contribution is 6.07. The number of carbonyl (C=O) groups is 1. The lowest BCUT2D eigenvalue weighted by molar-refractivity contribution is 0.112. The molecule has 0 amide bonds. The number of hydrogen-bond acceptors (Lipinski definition) is 2. The van der Waals surface area contributed by atoms with E-state index in [4.69, 9.17) is 0 Å². The minimum atomic E-state index is 0.690. The molecule has 0 aliphatic carbocycles. The Balaban J connectivity index is 2.49. The van der Waals surface area contributed by atoms with Crippen molar-refractivity contribution in [3.63, 3.8) is 0 Å². The molecule has 0 unspecified atom stereocenters. The molecular weight excluding hydrogens is 200 g/mol. The molecule has 1 aromatic carbocycles. The quantitative estimate of drug-likeness (QED) is 0.628. The highest BCUT2D eigenvalue weighted by Crippen LogP contribution is 2.25. The standard InChI is InChI=1S/C13H10N2O/c1-8-4-11-10-5-9(7-16)2-3-12(10)15-13(11)14-6-8/h2-7H,1H3,(H,14,15). The summed E-state index contributed by atoms with van der Waals surface area (Å²) in [6.45, 7) is 2.01. The number of rotatable bonds is 1. The predicted octanol–water partition coefficient (Wildman–Crippen LogP) is 2.84. The van der Waals surface area contributed by atoms with Crippen molar-refractivity contribution in [1.29, 1.82) is 0 Å².